The van der Waals surface area contributed by atoms with Crippen molar-refractivity contribution in [2.45, 2.75) is 33.1 Å². The lowest BCUT2D eigenvalue weighted by Gasteiger charge is -2.23. The molecule has 0 bridgehead atoms. The van der Waals surface area contributed by atoms with E-state index in [0.29, 0.717) is 5.92 Å². The topological polar surface area (TPSA) is 26.3 Å². The van der Waals surface area contributed by atoms with E-state index in [1.807, 2.05) is 6.92 Å². The molecule has 0 aliphatic heterocycles. The lowest BCUT2D eigenvalue weighted by Crippen LogP contribution is -2.22. The molecule has 0 amide bonds. The maximum Gasteiger partial charge on any atom is 0.316 e. The fourth-order valence-electron chi connectivity index (χ4n) is 2.79. The molecular formula is C13H18O2. The molecule has 0 fully saturated rings. The molecule has 2 nitrogen and oxygen atoms in total. The molecule has 2 heteroatoms. The number of allylic oxidation sites excluding steroid dienone is 2. The molecule has 15 heavy (non-hydrogen) atoms. The molecule has 2 atom stereocenters. The molecule has 2 rings (SSSR count). The molecule has 0 heterocycles. The number of carbonyl (C=O) groups is 1. The maximum absolute atomic E-state index is 11.7. The zero-order chi connectivity index (χ0) is 11.0. The molecule has 2 aliphatic carbocycles. The third-order valence-electron chi connectivity index (χ3n) is 3.74. The Bertz CT molecular complexity index is 350. The fourth-order valence-corrected chi connectivity index (χ4v) is 2.79. The summed E-state index contributed by atoms with van der Waals surface area (Å²) in [6.07, 6.45) is 5.48. The highest BCUT2D eigenvalue weighted by Gasteiger charge is 2.34. The van der Waals surface area contributed by atoms with Crippen LogP contribution in [0.2, 0.25) is 0 Å². The smallest absolute Gasteiger partial charge is 0.316 e. The number of carbonyl (C=O) groups excluding carboxylic acids is 1. The van der Waals surface area contributed by atoms with Crippen LogP contribution in [0.3, 0.4) is 0 Å². The molecule has 0 saturated heterocycles. The zero-order valence-electron chi connectivity index (χ0n) is 9.67. The van der Waals surface area contributed by atoms with Crippen molar-refractivity contribution in [3.05, 3.63) is 22.8 Å². The fraction of sp³-hybridized carbons (Fsp3) is 0.615. The van der Waals surface area contributed by atoms with Gasteiger partial charge in [0.2, 0.25) is 0 Å². The molecule has 2 aliphatic rings. The summed E-state index contributed by atoms with van der Waals surface area (Å²) in [5, 5.41) is 0. The minimum absolute atomic E-state index is 0.0799. The summed E-state index contributed by atoms with van der Waals surface area (Å²) >= 11 is 0. The van der Waals surface area contributed by atoms with E-state index < -0.39 is 0 Å². The standard InChI is InChI=1S/C13H18O2/c1-8-4-7-11-10(8)6-5-9(2)12(11)13(14)15-3/h5,8,12H,4,6-7H2,1-3H3. The second-order valence-corrected chi connectivity index (χ2v) is 4.60. The Balaban J connectivity index is 2.33. The van der Waals surface area contributed by atoms with Gasteiger partial charge in [0.05, 0.1) is 13.0 Å². The summed E-state index contributed by atoms with van der Waals surface area (Å²) in [7, 11) is 1.48. The number of esters is 1. The van der Waals surface area contributed by atoms with Crippen molar-refractivity contribution in [2.24, 2.45) is 11.8 Å². The Labute approximate surface area is 91.0 Å². The van der Waals surface area contributed by atoms with E-state index in [2.05, 4.69) is 13.0 Å². The Morgan fingerprint density at radius 3 is 2.87 bits per heavy atom. The highest BCUT2D eigenvalue weighted by molar-refractivity contribution is 5.80. The highest BCUT2D eigenvalue weighted by Crippen LogP contribution is 2.43. The van der Waals surface area contributed by atoms with Crippen LogP contribution in [0.5, 0.6) is 0 Å². The van der Waals surface area contributed by atoms with E-state index in [9.17, 15) is 4.79 Å². The van der Waals surface area contributed by atoms with E-state index in [1.54, 1.807) is 0 Å². The molecule has 0 aromatic rings. The molecule has 0 radical (unpaired) electrons. The first-order chi connectivity index (χ1) is 7.15. The minimum atomic E-state index is -0.0925. The van der Waals surface area contributed by atoms with Gasteiger partial charge in [-0.1, -0.05) is 29.7 Å². The van der Waals surface area contributed by atoms with Crippen LogP contribution in [0, 0.1) is 11.8 Å². The van der Waals surface area contributed by atoms with Crippen molar-refractivity contribution < 1.29 is 9.53 Å². The van der Waals surface area contributed by atoms with Gasteiger partial charge in [-0.2, -0.15) is 0 Å². The lowest BCUT2D eigenvalue weighted by atomic mass is 9.82. The van der Waals surface area contributed by atoms with Crippen LogP contribution in [0.25, 0.3) is 0 Å². The zero-order valence-corrected chi connectivity index (χ0v) is 9.67. The normalized spacial score (nSPS) is 29.9. The summed E-state index contributed by atoms with van der Waals surface area (Å²) in [5.41, 5.74) is 3.99. The Kier molecular flexibility index (Phi) is 2.68. The van der Waals surface area contributed by atoms with Gasteiger partial charge in [-0.3, -0.25) is 4.79 Å². The van der Waals surface area contributed by atoms with Gasteiger partial charge in [0.1, 0.15) is 0 Å². The van der Waals surface area contributed by atoms with Gasteiger partial charge in [-0.25, -0.2) is 0 Å². The summed E-state index contributed by atoms with van der Waals surface area (Å²) in [4.78, 5) is 11.7. The van der Waals surface area contributed by atoms with Gasteiger partial charge < -0.3 is 4.74 Å². The van der Waals surface area contributed by atoms with Crippen LogP contribution in [0.4, 0.5) is 0 Å². The van der Waals surface area contributed by atoms with Gasteiger partial charge in [-0.15, -0.1) is 0 Å². The van der Waals surface area contributed by atoms with Crippen LogP contribution in [-0.4, -0.2) is 13.1 Å². The van der Waals surface area contributed by atoms with Crippen LogP contribution in [-0.2, 0) is 9.53 Å². The van der Waals surface area contributed by atoms with Crippen molar-refractivity contribution in [3.8, 4) is 0 Å². The second kappa shape index (κ2) is 3.84. The second-order valence-electron chi connectivity index (χ2n) is 4.60. The predicted molar refractivity (Wildman–Crippen MR) is 59.3 cm³/mol. The quantitative estimate of drug-likeness (QED) is 0.487. The number of rotatable bonds is 1. The summed E-state index contributed by atoms with van der Waals surface area (Å²) in [6.45, 7) is 4.29. The van der Waals surface area contributed by atoms with Gasteiger partial charge in [0, 0.05) is 0 Å². The first kappa shape index (κ1) is 10.5. The lowest BCUT2D eigenvalue weighted by molar-refractivity contribution is -0.143. The van der Waals surface area contributed by atoms with Gasteiger partial charge in [0.15, 0.2) is 0 Å². The summed E-state index contributed by atoms with van der Waals surface area (Å²) < 4.78 is 4.89. The van der Waals surface area contributed by atoms with E-state index in [0.717, 1.165) is 18.4 Å². The van der Waals surface area contributed by atoms with Crippen LogP contribution >= 0.6 is 0 Å². The van der Waals surface area contributed by atoms with E-state index >= 15 is 0 Å². The maximum atomic E-state index is 11.7. The van der Waals surface area contributed by atoms with Crippen LogP contribution in [0.1, 0.15) is 33.1 Å². The number of hydrogen-bond acceptors (Lipinski definition) is 2. The third-order valence-corrected chi connectivity index (χ3v) is 3.74. The van der Waals surface area contributed by atoms with E-state index in [1.165, 1.54) is 24.7 Å². The van der Waals surface area contributed by atoms with Crippen molar-refractivity contribution in [2.75, 3.05) is 7.11 Å². The summed E-state index contributed by atoms with van der Waals surface area (Å²) in [5.74, 6) is 0.477. The van der Waals surface area contributed by atoms with Gasteiger partial charge in [0.25, 0.3) is 0 Å². The molecule has 0 N–H and O–H groups in total. The van der Waals surface area contributed by atoms with Crippen LogP contribution < -0.4 is 0 Å². The molecule has 0 spiro atoms. The molecule has 0 aromatic carbocycles. The SMILES string of the molecule is COC(=O)C1C(C)=CCC2=C1CCC2C. The van der Waals surface area contributed by atoms with Crippen molar-refractivity contribution in [1.82, 2.24) is 0 Å². The minimum Gasteiger partial charge on any atom is -0.468 e. The largest absolute Gasteiger partial charge is 0.468 e. The van der Waals surface area contributed by atoms with Crippen molar-refractivity contribution in [3.63, 3.8) is 0 Å². The molecule has 0 saturated carbocycles. The average molecular weight is 206 g/mol. The monoisotopic (exact) mass is 206 g/mol. The van der Waals surface area contributed by atoms with E-state index in [-0.39, 0.29) is 11.9 Å². The molecule has 82 valence electrons. The number of methoxy groups -OCH3 is 1. The first-order valence-corrected chi connectivity index (χ1v) is 5.61. The van der Waals surface area contributed by atoms with Gasteiger partial charge in [-0.05, 0) is 32.1 Å². The highest BCUT2D eigenvalue weighted by atomic mass is 16.5. The molecular weight excluding hydrogens is 188 g/mol. The average Bonchev–Trinajstić information content (AvgIpc) is 2.59. The Hall–Kier alpha value is -1.05. The molecule has 0 aromatic heterocycles. The number of hydrogen-bond donors (Lipinski definition) is 0. The first-order valence-electron chi connectivity index (χ1n) is 5.61. The van der Waals surface area contributed by atoms with Crippen molar-refractivity contribution >= 4 is 5.97 Å². The molecule has 2 unspecified atom stereocenters. The van der Waals surface area contributed by atoms with Gasteiger partial charge >= 0.3 is 5.97 Å². The number of ether oxygens (including phenoxy) is 1. The Morgan fingerprint density at radius 2 is 2.20 bits per heavy atom. The van der Waals surface area contributed by atoms with E-state index in [4.69, 9.17) is 4.74 Å². The van der Waals surface area contributed by atoms with Crippen molar-refractivity contribution in [1.29, 1.82) is 0 Å². The summed E-state index contributed by atoms with van der Waals surface area (Å²) in [6, 6.07) is 0. The Morgan fingerprint density at radius 1 is 1.47 bits per heavy atom. The van der Waals surface area contributed by atoms with Crippen LogP contribution in [0.15, 0.2) is 22.8 Å². The third kappa shape index (κ3) is 1.62. The predicted octanol–water partition coefficient (Wildman–Crippen LogP) is 2.85.